The fourth-order valence-electron chi connectivity index (χ4n) is 3.28. The molecule has 1 aromatic carbocycles. The Hall–Kier alpha value is -2.70. The number of carbonyl (C=O) groups excluding carboxylic acids is 2. The van der Waals surface area contributed by atoms with E-state index in [1.807, 2.05) is 0 Å². The number of hydrogen-bond donors (Lipinski definition) is 0. The largest absolute Gasteiger partial charge is 0.466 e. The Bertz CT molecular complexity index is 678. The van der Waals surface area contributed by atoms with Gasteiger partial charge in [0.1, 0.15) is 0 Å². The van der Waals surface area contributed by atoms with Crippen molar-refractivity contribution in [2.45, 2.75) is 51.5 Å². The maximum atomic E-state index is 12.7. The second-order valence-electron chi connectivity index (χ2n) is 6.56. The van der Waals surface area contributed by atoms with Gasteiger partial charge in [0.15, 0.2) is 0 Å². The number of hydrogen-bond acceptors (Lipinski definition) is 5. The molecule has 1 fully saturated rings. The molecule has 0 bridgehead atoms. The lowest BCUT2D eigenvalue weighted by Crippen LogP contribution is -2.42. The fourth-order valence-corrected chi connectivity index (χ4v) is 3.28. The molecule has 1 amide bonds. The van der Waals surface area contributed by atoms with E-state index in [4.69, 9.17) is 4.74 Å². The predicted octanol–water partition coefficient (Wildman–Crippen LogP) is 3.72. The average molecular weight is 374 g/mol. The minimum atomic E-state index is -0.459. The molecule has 0 atom stereocenters. The summed E-state index contributed by atoms with van der Waals surface area (Å²) in [7, 11) is 0. The summed E-state index contributed by atoms with van der Waals surface area (Å²) in [6.07, 6.45) is 8.53. The normalized spacial score (nSPS) is 14.9. The number of rotatable bonds is 8. The summed E-state index contributed by atoms with van der Waals surface area (Å²) in [5.41, 5.74) is 0.722. The molecule has 2 rings (SSSR count). The predicted molar refractivity (Wildman–Crippen MR) is 102 cm³/mol. The van der Waals surface area contributed by atoms with Crippen LogP contribution in [0.25, 0.3) is 6.08 Å². The summed E-state index contributed by atoms with van der Waals surface area (Å²) >= 11 is 0. The van der Waals surface area contributed by atoms with Crippen LogP contribution in [0.5, 0.6) is 0 Å². The molecule has 7 nitrogen and oxygen atoms in total. The first-order valence-corrected chi connectivity index (χ1v) is 9.40. The van der Waals surface area contributed by atoms with Gasteiger partial charge < -0.3 is 9.64 Å². The van der Waals surface area contributed by atoms with Gasteiger partial charge in [-0.3, -0.25) is 19.7 Å². The van der Waals surface area contributed by atoms with Crippen LogP contribution in [-0.4, -0.2) is 40.9 Å². The number of esters is 1. The van der Waals surface area contributed by atoms with Crippen LogP contribution in [0, 0.1) is 10.1 Å². The quantitative estimate of drug-likeness (QED) is 0.299. The zero-order valence-corrected chi connectivity index (χ0v) is 15.6. The van der Waals surface area contributed by atoms with Crippen LogP contribution in [0.3, 0.4) is 0 Å². The van der Waals surface area contributed by atoms with Crippen molar-refractivity contribution in [3.8, 4) is 0 Å². The van der Waals surface area contributed by atoms with Crippen molar-refractivity contribution in [3.05, 3.63) is 46.0 Å². The summed E-state index contributed by atoms with van der Waals surface area (Å²) in [4.78, 5) is 36.4. The molecule has 7 heteroatoms. The Morgan fingerprint density at radius 3 is 2.48 bits per heavy atom. The molecule has 0 radical (unpaired) electrons. The number of carbonyl (C=O) groups is 2. The van der Waals surface area contributed by atoms with Crippen LogP contribution in [0.2, 0.25) is 0 Å². The van der Waals surface area contributed by atoms with Crippen LogP contribution in [0.15, 0.2) is 30.3 Å². The molecule has 0 unspecified atom stereocenters. The zero-order valence-electron chi connectivity index (χ0n) is 15.6. The van der Waals surface area contributed by atoms with E-state index in [9.17, 15) is 19.7 Å². The molecule has 0 spiro atoms. The number of non-ortho nitro benzene ring substituents is 1. The van der Waals surface area contributed by atoms with Crippen LogP contribution in [0.4, 0.5) is 5.69 Å². The van der Waals surface area contributed by atoms with Gasteiger partial charge >= 0.3 is 5.97 Å². The fraction of sp³-hybridized carbons (Fsp3) is 0.500. The van der Waals surface area contributed by atoms with Crippen LogP contribution < -0.4 is 0 Å². The third kappa shape index (κ3) is 6.51. The number of nitro benzene ring substituents is 1. The summed E-state index contributed by atoms with van der Waals surface area (Å²) in [5, 5.41) is 10.7. The van der Waals surface area contributed by atoms with E-state index in [0.717, 1.165) is 25.7 Å². The smallest absolute Gasteiger partial charge is 0.307 e. The third-order valence-electron chi connectivity index (χ3n) is 4.68. The van der Waals surface area contributed by atoms with Crippen LogP contribution in [0.1, 0.15) is 51.0 Å². The summed E-state index contributed by atoms with van der Waals surface area (Å²) in [6.45, 7) is 2.43. The van der Waals surface area contributed by atoms with Crippen molar-refractivity contribution in [1.29, 1.82) is 0 Å². The zero-order chi connectivity index (χ0) is 19.6. The van der Waals surface area contributed by atoms with Crippen molar-refractivity contribution in [1.82, 2.24) is 4.90 Å². The lowest BCUT2D eigenvalue weighted by molar-refractivity contribution is -0.384. The highest BCUT2D eigenvalue weighted by molar-refractivity contribution is 5.92. The van der Waals surface area contributed by atoms with Crippen molar-refractivity contribution < 1.29 is 19.2 Å². The standard InChI is InChI=1S/C20H26N2O5/c1-2-27-20(24)14-15-21(17-6-4-3-5-7-17)19(23)13-10-16-8-11-18(12-9-16)22(25)26/h8-13,17H,2-7,14-15H2,1H3/b13-10+. The number of benzene rings is 1. The van der Waals surface area contributed by atoms with Crippen molar-refractivity contribution in [2.75, 3.05) is 13.2 Å². The van der Waals surface area contributed by atoms with Gasteiger partial charge in [-0.25, -0.2) is 0 Å². The molecule has 0 heterocycles. The third-order valence-corrected chi connectivity index (χ3v) is 4.68. The van der Waals surface area contributed by atoms with Gasteiger partial charge in [-0.05, 0) is 43.5 Å². The minimum absolute atomic E-state index is 0.0109. The topological polar surface area (TPSA) is 89.8 Å². The number of amides is 1. The molecule has 1 aromatic rings. The molecular formula is C20H26N2O5. The Labute approximate surface area is 159 Å². The Balaban J connectivity index is 2.04. The van der Waals surface area contributed by atoms with Gasteiger partial charge in [0.25, 0.3) is 5.69 Å². The summed E-state index contributed by atoms with van der Waals surface area (Å²) < 4.78 is 4.97. The molecule has 0 aliphatic heterocycles. The van der Waals surface area contributed by atoms with Crippen LogP contribution in [-0.2, 0) is 14.3 Å². The van der Waals surface area contributed by atoms with Gasteiger partial charge in [0.2, 0.25) is 5.91 Å². The maximum Gasteiger partial charge on any atom is 0.307 e. The molecule has 146 valence electrons. The Morgan fingerprint density at radius 1 is 1.22 bits per heavy atom. The molecule has 0 saturated heterocycles. The van der Waals surface area contributed by atoms with E-state index in [2.05, 4.69) is 0 Å². The molecule has 27 heavy (non-hydrogen) atoms. The number of ether oxygens (including phenoxy) is 1. The minimum Gasteiger partial charge on any atom is -0.466 e. The first-order valence-electron chi connectivity index (χ1n) is 9.40. The van der Waals surface area contributed by atoms with E-state index < -0.39 is 4.92 Å². The van der Waals surface area contributed by atoms with Gasteiger partial charge in [-0.1, -0.05) is 19.3 Å². The second-order valence-corrected chi connectivity index (χ2v) is 6.56. The second kappa shape index (κ2) is 10.4. The average Bonchev–Trinajstić information content (AvgIpc) is 2.68. The van der Waals surface area contributed by atoms with Gasteiger partial charge in [-0.2, -0.15) is 0 Å². The Morgan fingerprint density at radius 2 is 1.89 bits per heavy atom. The first-order chi connectivity index (χ1) is 13.0. The van der Waals surface area contributed by atoms with Crippen LogP contribution >= 0.6 is 0 Å². The van der Waals surface area contributed by atoms with Gasteiger partial charge in [-0.15, -0.1) is 0 Å². The highest BCUT2D eigenvalue weighted by Crippen LogP contribution is 2.23. The van der Waals surface area contributed by atoms with Gasteiger partial charge in [0.05, 0.1) is 18.0 Å². The van der Waals surface area contributed by atoms with E-state index in [0.29, 0.717) is 18.7 Å². The van der Waals surface area contributed by atoms with E-state index in [-0.39, 0.29) is 30.0 Å². The van der Waals surface area contributed by atoms with Crippen molar-refractivity contribution >= 4 is 23.6 Å². The molecule has 1 saturated carbocycles. The van der Waals surface area contributed by atoms with Crippen molar-refractivity contribution in [3.63, 3.8) is 0 Å². The van der Waals surface area contributed by atoms with E-state index in [1.165, 1.54) is 24.6 Å². The molecule has 0 aromatic heterocycles. The lowest BCUT2D eigenvalue weighted by Gasteiger charge is -2.33. The summed E-state index contributed by atoms with van der Waals surface area (Å²) in [6, 6.07) is 6.16. The number of nitrogens with zero attached hydrogens (tertiary/aromatic N) is 2. The van der Waals surface area contributed by atoms with E-state index in [1.54, 1.807) is 30.0 Å². The molecular weight excluding hydrogens is 348 g/mol. The highest BCUT2D eigenvalue weighted by atomic mass is 16.6. The number of nitro groups is 1. The Kier molecular flexibility index (Phi) is 7.98. The summed E-state index contributed by atoms with van der Waals surface area (Å²) in [5.74, 6) is -0.449. The van der Waals surface area contributed by atoms with Gasteiger partial charge in [0, 0.05) is 30.8 Å². The van der Waals surface area contributed by atoms with Crippen molar-refractivity contribution in [2.24, 2.45) is 0 Å². The molecule has 1 aliphatic rings. The SMILES string of the molecule is CCOC(=O)CCN(C(=O)/C=C/c1ccc([N+](=O)[O-])cc1)C1CCCCC1. The maximum absolute atomic E-state index is 12.7. The van der Waals surface area contributed by atoms with E-state index >= 15 is 0 Å². The molecule has 1 aliphatic carbocycles. The molecule has 0 N–H and O–H groups in total. The first kappa shape index (κ1) is 20.6. The monoisotopic (exact) mass is 374 g/mol. The lowest BCUT2D eigenvalue weighted by atomic mass is 9.94. The highest BCUT2D eigenvalue weighted by Gasteiger charge is 2.24.